The average molecular weight is 705 g/mol. The molecule has 0 nitrogen and oxygen atoms in total. The van der Waals surface area contributed by atoms with E-state index in [2.05, 4.69) is 134 Å². The maximum atomic E-state index is 2.62. The minimum Gasteiger partial charge on any atom is -1.00 e. The van der Waals surface area contributed by atoms with E-state index >= 15 is 0 Å². The van der Waals surface area contributed by atoms with Gasteiger partial charge in [-0.2, -0.15) is 0 Å². The number of fused-ring (bicyclic) bond motifs is 6. The van der Waals surface area contributed by atoms with Gasteiger partial charge in [0.1, 0.15) is 0 Å². The summed E-state index contributed by atoms with van der Waals surface area (Å²) in [5, 5.41) is 2.76. The van der Waals surface area contributed by atoms with E-state index in [1.165, 1.54) is 45.0 Å². The molecular formula is C39H46Cl2SiZr. The summed E-state index contributed by atoms with van der Waals surface area (Å²) in [4.78, 5) is 0. The van der Waals surface area contributed by atoms with Crippen molar-refractivity contribution in [2.24, 2.45) is 0 Å². The van der Waals surface area contributed by atoms with Crippen LogP contribution in [0.25, 0.3) is 28.0 Å². The molecule has 6 rings (SSSR count). The fourth-order valence-electron chi connectivity index (χ4n) is 7.36. The molecule has 0 N–H and O–H groups in total. The minimum absolute atomic E-state index is 0. The van der Waals surface area contributed by atoms with Crippen molar-refractivity contribution >= 4 is 22.8 Å². The Bertz CT molecular complexity index is 1690. The summed E-state index contributed by atoms with van der Waals surface area (Å²) in [5.74, 6) is -0.333. The van der Waals surface area contributed by atoms with Crippen LogP contribution in [0.15, 0.2) is 72.3 Å². The largest absolute Gasteiger partial charge is 1.00 e. The van der Waals surface area contributed by atoms with Gasteiger partial charge in [0.25, 0.3) is 0 Å². The van der Waals surface area contributed by atoms with Gasteiger partial charge in [-0.1, -0.05) is 0 Å². The maximum Gasteiger partial charge on any atom is -1.00 e. The Balaban J connectivity index is 0.00000212. The number of rotatable bonds is 5. The van der Waals surface area contributed by atoms with Crippen LogP contribution < -0.4 is 24.8 Å². The fraction of sp³-hybridized carbons (Fsp3) is 0.385. The Hall–Kier alpha value is -1.44. The van der Waals surface area contributed by atoms with Gasteiger partial charge in [-0.05, 0) is 0 Å². The second-order valence-electron chi connectivity index (χ2n) is 14.7. The third-order valence-electron chi connectivity index (χ3n) is 9.25. The minimum atomic E-state index is -0.685. The fourth-order valence-corrected chi connectivity index (χ4v) is 17.2. The van der Waals surface area contributed by atoms with Crippen molar-refractivity contribution in [1.29, 1.82) is 0 Å². The van der Waals surface area contributed by atoms with Gasteiger partial charge >= 0.3 is 262 Å². The molecule has 0 bridgehead atoms. The number of hydrogen-bond acceptors (Lipinski definition) is 0. The Morgan fingerprint density at radius 2 is 1.44 bits per heavy atom. The molecule has 2 unspecified atom stereocenters. The Kier molecular flexibility index (Phi) is 10.2. The van der Waals surface area contributed by atoms with Crippen molar-refractivity contribution in [3.8, 4) is 11.1 Å². The topological polar surface area (TPSA) is 0 Å². The Morgan fingerprint density at radius 1 is 0.744 bits per heavy atom. The first-order valence-electron chi connectivity index (χ1n) is 15.7. The van der Waals surface area contributed by atoms with Crippen LogP contribution in [-0.4, -0.2) is 5.92 Å². The third-order valence-corrected chi connectivity index (χ3v) is 19.1. The quantitative estimate of drug-likeness (QED) is 0.260. The molecule has 2 aliphatic carbocycles. The molecule has 224 valence electrons. The smallest absolute Gasteiger partial charge is 1.00 e. The Morgan fingerprint density at radius 3 is 2.09 bits per heavy atom. The number of hydrogen-bond donors (Lipinski definition) is 0. The van der Waals surface area contributed by atoms with Crippen LogP contribution in [0.3, 0.4) is 0 Å². The summed E-state index contributed by atoms with van der Waals surface area (Å²) in [6, 6.07) is 26.4. The summed E-state index contributed by atoms with van der Waals surface area (Å²) in [5.41, 5.74) is 16.0. The molecular weight excluding hydrogens is 659 g/mol. The van der Waals surface area contributed by atoms with Crippen LogP contribution in [0, 0.1) is 0 Å². The summed E-state index contributed by atoms with van der Waals surface area (Å²) >= 11 is -0.639. The molecule has 0 amide bonds. The average Bonchev–Trinajstić information content (AvgIpc) is 3.42. The van der Waals surface area contributed by atoms with E-state index < -0.39 is 28.3 Å². The second kappa shape index (κ2) is 12.7. The molecule has 0 fully saturated rings. The van der Waals surface area contributed by atoms with Gasteiger partial charge in [0, 0.05) is 0 Å². The first kappa shape index (κ1) is 34.4. The zero-order valence-electron chi connectivity index (χ0n) is 27.3. The molecule has 43 heavy (non-hydrogen) atoms. The normalized spacial score (nSPS) is 17.0. The van der Waals surface area contributed by atoms with E-state index in [4.69, 9.17) is 0 Å². The molecule has 4 aromatic carbocycles. The SMILES string of the molecule is CCCC1=Cc2c(ccc3ccccc23)C1c1c(C(C)(C)C)ccc2c1[CH]([Zr+2][SiH](C)C)c1cc(C(C)(C)C)ccc1-2.[Cl-].[Cl-]. The van der Waals surface area contributed by atoms with Gasteiger partial charge in [0.05, 0.1) is 0 Å². The van der Waals surface area contributed by atoms with Crippen molar-refractivity contribution in [2.45, 2.75) is 94.8 Å². The third kappa shape index (κ3) is 6.08. The predicted octanol–water partition coefficient (Wildman–Crippen LogP) is 4.91. The van der Waals surface area contributed by atoms with E-state index in [-0.39, 0.29) is 35.6 Å². The van der Waals surface area contributed by atoms with Gasteiger partial charge in [-0.3, -0.25) is 0 Å². The van der Waals surface area contributed by atoms with Crippen LogP contribution in [0.4, 0.5) is 0 Å². The van der Waals surface area contributed by atoms with Crippen molar-refractivity contribution in [3.05, 3.63) is 111 Å². The van der Waals surface area contributed by atoms with Crippen molar-refractivity contribution in [1.82, 2.24) is 0 Å². The van der Waals surface area contributed by atoms with E-state index in [9.17, 15) is 0 Å². The molecule has 2 aliphatic rings. The summed E-state index contributed by atoms with van der Waals surface area (Å²) in [6.07, 6.45) is 4.93. The number of halogens is 2. The standard InChI is InChI=1S/C37H39.C2H7Si.2ClH.Zr/c1-8-11-24-21-31-27-13-10-9-12-23(27)14-16-30(31)34(24)35-32-22-25-20-26(36(2,3)4)15-17-28(25)29(32)18-19-33(35)37(5,6)7;1-3-2;;;/h9-10,12-22,34H,8,11H2,1-7H3;3H,1-2H3;2*1H;/q;;;;+2/p-2. The number of benzene rings is 4. The Labute approximate surface area is 285 Å². The molecule has 0 radical (unpaired) electrons. The maximum absolute atomic E-state index is 2.62. The van der Waals surface area contributed by atoms with Gasteiger partial charge < -0.3 is 24.8 Å². The van der Waals surface area contributed by atoms with Crippen molar-refractivity contribution in [2.75, 3.05) is 0 Å². The molecule has 4 aromatic rings. The van der Waals surface area contributed by atoms with Crippen molar-refractivity contribution in [3.63, 3.8) is 0 Å². The summed E-state index contributed by atoms with van der Waals surface area (Å²) in [6.45, 7) is 22.0. The van der Waals surface area contributed by atoms with Gasteiger partial charge in [-0.15, -0.1) is 0 Å². The molecule has 0 saturated carbocycles. The van der Waals surface area contributed by atoms with Crippen LogP contribution in [0.2, 0.25) is 13.1 Å². The van der Waals surface area contributed by atoms with Crippen LogP contribution in [-0.2, 0) is 33.2 Å². The number of allylic oxidation sites excluding steroid dienone is 1. The zero-order chi connectivity index (χ0) is 29.3. The zero-order valence-corrected chi connectivity index (χ0v) is 32.5. The first-order valence-corrected chi connectivity index (χ1v) is 24.3. The molecule has 2 atom stereocenters. The molecule has 4 heteroatoms. The van der Waals surface area contributed by atoms with Gasteiger partial charge in [-0.25, -0.2) is 0 Å². The van der Waals surface area contributed by atoms with E-state index in [0.717, 1.165) is 6.42 Å². The van der Waals surface area contributed by atoms with Crippen LogP contribution in [0.5, 0.6) is 0 Å². The molecule has 0 aliphatic heterocycles. The van der Waals surface area contributed by atoms with E-state index in [1.807, 2.05) is 0 Å². The first-order chi connectivity index (χ1) is 19.4. The van der Waals surface area contributed by atoms with Gasteiger partial charge in [0.2, 0.25) is 0 Å². The van der Waals surface area contributed by atoms with Crippen LogP contribution >= 0.6 is 0 Å². The monoisotopic (exact) mass is 702 g/mol. The summed E-state index contributed by atoms with van der Waals surface area (Å²) < 4.78 is 0.655. The van der Waals surface area contributed by atoms with Gasteiger partial charge in [0.15, 0.2) is 0 Å². The van der Waals surface area contributed by atoms with Crippen molar-refractivity contribution < 1.29 is 47.2 Å². The van der Waals surface area contributed by atoms with Crippen LogP contribution in [0.1, 0.15) is 110 Å². The summed E-state index contributed by atoms with van der Waals surface area (Å²) in [7, 11) is 0. The van der Waals surface area contributed by atoms with E-state index in [1.54, 1.807) is 27.8 Å². The second-order valence-corrected chi connectivity index (χ2v) is 29.8. The molecule has 0 spiro atoms. The van der Waals surface area contributed by atoms with E-state index in [0.29, 0.717) is 9.54 Å². The predicted molar refractivity (Wildman–Crippen MR) is 179 cm³/mol. The molecule has 0 saturated heterocycles. The molecule has 0 heterocycles. The molecule has 0 aromatic heterocycles.